The molecule has 0 amide bonds. The molecule has 0 aromatic carbocycles. The topological polar surface area (TPSA) is 3.88 Å². The van der Waals surface area contributed by atoms with E-state index in [4.69, 9.17) is 0 Å². The van der Waals surface area contributed by atoms with E-state index in [2.05, 4.69) is 44.5 Å². The van der Waals surface area contributed by atoms with Gasteiger partial charge in [-0.25, -0.2) is 4.57 Å². The number of hydrogen-bond acceptors (Lipinski definition) is 0. The highest BCUT2D eigenvalue weighted by Gasteiger charge is 2.03. The summed E-state index contributed by atoms with van der Waals surface area (Å²) in [6.45, 7) is 10.4. The zero-order valence-electron chi connectivity index (χ0n) is 9.10. The minimum absolute atomic E-state index is 1.32. The van der Waals surface area contributed by atoms with Gasteiger partial charge in [-0.3, -0.25) is 0 Å². The van der Waals surface area contributed by atoms with E-state index in [0.29, 0.717) is 0 Å². The number of hydrogen-bond donors (Lipinski definition) is 0. The molecule has 1 heteroatoms. The fourth-order valence-corrected chi connectivity index (χ4v) is 1.17. The van der Waals surface area contributed by atoms with Crippen LogP contribution in [0.5, 0.6) is 0 Å². The van der Waals surface area contributed by atoms with Crippen molar-refractivity contribution in [1.82, 2.24) is 0 Å². The van der Waals surface area contributed by atoms with Crippen molar-refractivity contribution < 1.29 is 4.57 Å². The van der Waals surface area contributed by atoms with Crippen LogP contribution in [0.25, 0.3) is 0 Å². The first-order chi connectivity index (χ1) is 5.61. The van der Waals surface area contributed by atoms with E-state index in [0.717, 1.165) is 0 Å². The maximum Gasteiger partial charge on any atom is 0.178 e. The van der Waals surface area contributed by atoms with E-state index < -0.39 is 0 Å². The number of aryl methyl sites for hydroxylation is 3. The van der Waals surface area contributed by atoms with Crippen molar-refractivity contribution in [3.05, 3.63) is 29.1 Å². The van der Waals surface area contributed by atoms with Crippen molar-refractivity contribution in [2.24, 2.45) is 7.05 Å². The van der Waals surface area contributed by atoms with E-state index in [1.807, 2.05) is 13.8 Å². The first-order valence-corrected chi connectivity index (χ1v) is 4.55. The molecule has 1 rings (SSSR count). The van der Waals surface area contributed by atoms with E-state index in [1.165, 1.54) is 17.0 Å². The van der Waals surface area contributed by atoms with Gasteiger partial charge in [0, 0.05) is 26.0 Å². The van der Waals surface area contributed by atoms with Crippen molar-refractivity contribution in [3.8, 4) is 0 Å². The van der Waals surface area contributed by atoms with Crippen LogP contribution >= 0.6 is 0 Å². The van der Waals surface area contributed by atoms with E-state index in [9.17, 15) is 0 Å². The van der Waals surface area contributed by atoms with Crippen molar-refractivity contribution in [2.45, 2.75) is 34.6 Å². The molecule has 0 unspecified atom stereocenters. The first kappa shape index (κ1) is 11.2. The highest BCUT2D eigenvalue weighted by Crippen LogP contribution is 1.99. The molecule has 68 valence electrons. The van der Waals surface area contributed by atoms with Gasteiger partial charge in [0.15, 0.2) is 11.4 Å². The summed E-state index contributed by atoms with van der Waals surface area (Å²) < 4.78 is 2.19. The Morgan fingerprint density at radius 1 is 0.917 bits per heavy atom. The molecule has 1 heterocycles. The average Bonchev–Trinajstić information content (AvgIpc) is 2.04. The lowest BCUT2D eigenvalue weighted by Crippen LogP contribution is -2.35. The monoisotopic (exact) mass is 166 g/mol. The standard InChI is InChI=1S/C9H14N.C2H6/c1-7-5-8(2)10(4)9(3)6-7;1-2/h5-6H,1-4H3;1-2H3/q+1;. The van der Waals surface area contributed by atoms with Gasteiger partial charge in [-0.05, 0) is 12.5 Å². The second-order valence-electron chi connectivity index (χ2n) is 2.87. The average molecular weight is 166 g/mol. The van der Waals surface area contributed by atoms with Gasteiger partial charge < -0.3 is 0 Å². The largest absolute Gasteiger partial charge is 0.203 e. The smallest absolute Gasteiger partial charge is 0.178 e. The summed E-state index contributed by atoms with van der Waals surface area (Å²) in [5.74, 6) is 0. The van der Waals surface area contributed by atoms with Crippen LogP contribution in [0.2, 0.25) is 0 Å². The summed E-state index contributed by atoms with van der Waals surface area (Å²) in [5, 5.41) is 0. The maximum absolute atomic E-state index is 2.19. The zero-order chi connectivity index (χ0) is 9.72. The zero-order valence-corrected chi connectivity index (χ0v) is 9.10. The third-order valence-electron chi connectivity index (χ3n) is 1.93. The van der Waals surface area contributed by atoms with E-state index in [1.54, 1.807) is 0 Å². The molecule has 0 fully saturated rings. The number of pyridine rings is 1. The molecule has 1 aromatic heterocycles. The lowest BCUT2D eigenvalue weighted by molar-refractivity contribution is -0.683. The number of nitrogens with zero attached hydrogens (tertiary/aromatic N) is 1. The second kappa shape index (κ2) is 4.91. The predicted molar refractivity (Wildman–Crippen MR) is 53.2 cm³/mol. The lowest BCUT2D eigenvalue weighted by atomic mass is 10.2. The Hall–Kier alpha value is -0.850. The van der Waals surface area contributed by atoms with Crippen LogP contribution in [0.3, 0.4) is 0 Å². The van der Waals surface area contributed by atoms with E-state index >= 15 is 0 Å². The number of aromatic nitrogens is 1. The molecular weight excluding hydrogens is 146 g/mol. The van der Waals surface area contributed by atoms with Crippen molar-refractivity contribution in [3.63, 3.8) is 0 Å². The SMILES string of the molecule is CC.Cc1cc(C)[n+](C)c(C)c1. The molecule has 0 saturated heterocycles. The van der Waals surface area contributed by atoms with Crippen LogP contribution < -0.4 is 4.57 Å². The van der Waals surface area contributed by atoms with Crippen LogP contribution in [0, 0.1) is 20.8 Å². The molecule has 0 aliphatic rings. The van der Waals surface area contributed by atoms with Crippen LogP contribution in [-0.4, -0.2) is 0 Å². The Balaban J connectivity index is 0.000000561. The Morgan fingerprint density at radius 3 is 1.58 bits per heavy atom. The minimum atomic E-state index is 1.32. The van der Waals surface area contributed by atoms with Gasteiger partial charge in [-0.1, -0.05) is 13.8 Å². The quantitative estimate of drug-likeness (QED) is 0.521. The van der Waals surface area contributed by atoms with Gasteiger partial charge in [0.2, 0.25) is 0 Å². The van der Waals surface area contributed by atoms with Crippen molar-refractivity contribution in [2.75, 3.05) is 0 Å². The van der Waals surface area contributed by atoms with Gasteiger partial charge in [-0.15, -0.1) is 0 Å². The fourth-order valence-electron chi connectivity index (χ4n) is 1.17. The minimum Gasteiger partial charge on any atom is -0.203 e. The highest BCUT2D eigenvalue weighted by atomic mass is 14.9. The normalized spacial score (nSPS) is 8.83. The lowest BCUT2D eigenvalue weighted by Gasteiger charge is -1.98. The van der Waals surface area contributed by atoms with Gasteiger partial charge in [0.1, 0.15) is 7.05 Å². The Bertz CT molecular complexity index is 228. The Morgan fingerprint density at radius 2 is 1.25 bits per heavy atom. The Labute approximate surface area is 76.1 Å². The van der Waals surface area contributed by atoms with E-state index in [-0.39, 0.29) is 0 Å². The van der Waals surface area contributed by atoms with Crippen molar-refractivity contribution >= 4 is 0 Å². The molecule has 12 heavy (non-hydrogen) atoms. The van der Waals surface area contributed by atoms with Gasteiger partial charge in [0.05, 0.1) is 0 Å². The molecule has 0 aliphatic heterocycles. The molecule has 1 aromatic rings. The maximum atomic E-state index is 2.19. The molecular formula is C11H20N+. The third kappa shape index (κ3) is 2.65. The van der Waals surface area contributed by atoms with Gasteiger partial charge in [-0.2, -0.15) is 0 Å². The van der Waals surface area contributed by atoms with Crippen molar-refractivity contribution in [1.29, 1.82) is 0 Å². The van der Waals surface area contributed by atoms with Crippen LogP contribution in [-0.2, 0) is 7.05 Å². The van der Waals surface area contributed by atoms with Crippen LogP contribution in [0.1, 0.15) is 30.8 Å². The molecule has 0 spiro atoms. The first-order valence-electron chi connectivity index (χ1n) is 4.55. The fraction of sp³-hybridized carbons (Fsp3) is 0.545. The summed E-state index contributed by atoms with van der Waals surface area (Å²) in [6, 6.07) is 4.38. The molecule has 0 radical (unpaired) electrons. The summed E-state index contributed by atoms with van der Waals surface area (Å²) in [4.78, 5) is 0. The molecule has 0 atom stereocenters. The molecule has 0 N–H and O–H groups in total. The van der Waals surface area contributed by atoms with Gasteiger partial charge >= 0.3 is 0 Å². The summed E-state index contributed by atoms with van der Waals surface area (Å²) >= 11 is 0. The predicted octanol–water partition coefficient (Wildman–Crippen LogP) is 2.46. The van der Waals surface area contributed by atoms with Gasteiger partial charge in [0.25, 0.3) is 0 Å². The highest BCUT2D eigenvalue weighted by molar-refractivity contribution is 5.13. The Kier molecular flexibility index (Phi) is 4.57. The summed E-state index contributed by atoms with van der Waals surface area (Å²) in [7, 11) is 2.09. The summed E-state index contributed by atoms with van der Waals surface area (Å²) in [6.07, 6.45) is 0. The second-order valence-corrected chi connectivity index (χ2v) is 2.87. The third-order valence-corrected chi connectivity index (χ3v) is 1.93. The molecule has 0 saturated carbocycles. The van der Waals surface area contributed by atoms with Crippen LogP contribution in [0.4, 0.5) is 0 Å². The molecule has 1 nitrogen and oxygen atoms in total. The van der Waals surface area contributed by atoms with Crippen LogP contribution in [0.15, 0.2) is 12.1 Å². The summed E-state index contributed by atoms with van der Waals surface area (Å²) in [5.41, 5.74) is 3.98. The number of rotatable bonds is 0. The molecule has 0 aliphatic carbocycles. The molecule has 0 bridgehead atoms.